The number of hydrogen-bond acceptors (Lipinski definition) is 4. The summed E-state index contributed by atoms with van der Waals surface area (Å²) in [7, 11) is -1.68. The fourth-order valence-corrected chi connectivity index (χ4v) is 4.98. The molecule has 2 atom stereocenters. The predicted molar refractivity (Wildman–Crippen MR) is 129 cm³/mol. The molecule has 1 aromatic rings. The van der Waals surface area contributed by atoms with E-state index >= 15 is 0 Å². The van der Waals surface area contributed by atoms with Crippen LogP contribution in [0.15, 0.2) is 24.3 Å². The molecule has 0 spiro atoms. The molecular weight excluding hydrogens is 426 g/mol. The van der Waals surface area contributed by atoms with Crippen molar-refractivity contribution in [3.63, 3.8) is 0 Å². The fourth-order valence-electron chi connectivity index (χ4n) is 4.10. The smallest absolute Gasteiger partial charge is 0.242 e. The van der Waals surface area contributed by atoms with Gasteiger partial charge in [0, 0.05) is 28.1 Å². The number of benzene rings is 1. The summed E-state index contributed by atoms with van der Waals surface area (Å²) in [6, 6.07) is 6.75. The van der Waals surface area contributed by atoms with Crippen LogP contribution in [0, 0.1) is 6.92 Å². The van der Waals surface area contributed by atoms with Crippen LogP contribution in [-0.2, 0) is 25.2 Å². The number of aryl methyl sites for hydroxylation is 1. The Morgan fingerprint density at radius 1 is 1.06 bits per heavy atom. The van der Waals surface area contributed by atoms with E-state index in [9.17, 15) is 18.6 Å². The average Bonchev–Trinajstić information content (AvgIpc) is 2.69. The van der Waals surface area contributed by atoms with Gasteiger partial charge in [0.2, 0.25) is 17.7 Å². The highest BCUT2D eigenvalue weighted by atomic mass is 32.2. The molecule has 32 heavy (non-hydrogen) atoms. The van der Waals surface area contributed by atoms with Crippen LogP contribution in [0.25, 0.3) is 0 Å². The fraction of sp³-hybridized carbons (Fsp3) is 0.625. The molecule has 0 heterocycles. The van der Waals surface area contributed by atoms with Gasteiger partial charge in [-0.3, -0.25) is 18.6 Å². The summed E-state index contributed by atoms with van der Waals surface area (Å²) >= 11 is 0. The Morgan fingerprint density at radius 3 is 2.22 bits per heavy atom. The van der Waals surface area contributed by atoms with E-state index in [1.807, 2.05) is 39.8 Å². The molecule has 0 aliphatic heterocycles. The molecule has 0 unspecified atom stereocenters. The maximum atomic E-state index is 13.0. The number of hydrogen-bond donors (Lipinski definition) is 2. The first kappa shape index (κ1) is 26.0. The molecule has 1 aliphatic carbocycles. The summed E-state index contributed by atoms with van der Waals surface area (Å²) in [6.45, 7) is 9.20. The Kier molecular flexibility index (Phi) is 9.43. The molecule has 1 saturated carbocycles. The van der Waals surface area contributed by atoms with E-state index in [4.69, 9.17) is 0 Å². The molecule has 178 valence electrons. The van der Waals surface area contributed by atoms with Gasteiger partial charge in [-0.25, -0.2) is 0 Å². The van der Waals surface area contributed by atoms with E-state index in [2.05, 4.69) is 10.6 Å². The largest absolute Gasteiger partial charge is 0.352 e. The van der Waals surface area contributed by atoms with E-state index in [1.165, 1.54) is 11.3 Å². The Morgan fingerprint density at radius 2 is 1.66 bits per heavy atom. The van der Waals surface area contributed by atoms with Gasteiger partial charge in [0.25, 0.3) is 0 Å². The zero-order valence-electron chi connectivity index (χ0n) is 19.9. The molecule has 0 saturated heterocycles. The molecule has 3 amide bonds. The van der Waals surface area contributed by atoms with Gasteiger partial charge >= 0.3 is 0 Å². The molecule has 1 aliphatic rings. The molecule has 0 bridgehead atoms. The summed E-state index contributed by atoms with van der Waals surface area (Å²) in [5.74, 6) is -1.58. The standard InChI is InChI=1S/C24H37N3O4S/c1-17-11-13-20(14-12-17)25-21(28)15-32(31)16-22(29)27(24(3,4)5)18(2)23(30)26-19-9-7-6-8-10-19/h11-14,18-19H,6-10,15-16H2,1-5H3,(H,25,28)(H,26,30)/t18-,32+/m1/s1. The first-order valence-electron chi connectivity index (χ1n) is 11.3. The first-order chi connectivity index (χ1) is 15.0. The summed E-state index contributed by atoms with van der Waals surface area (Å²) in [5.41, 5.74) is 1.06. The van der Waals surface area contributed by atoms with Crippen molar-refractivity contribution in [3.05, 3.63) is 29.8 Å². The van der Waals surface area contributed by atoms with E-state index in [0.717, 1.165) is 31.2 Å². The highest BCUT2D eigenvalue weighted by molar-refractivity contribution is 7.86. The van der Waals surface area contributed by atoms with E-state index in [0.29, 0.717) is 5.69 Å². The SMILES string of the molecule is Cc1ccc(NC(=O)C[S@](=O)CC(=O)N([C@H](C)C(=O)NC2CCCCC2)C(C)(C)C)cc1. The number of nitrogens with zero attached hydrogens (tertiary/aromatic N) is 1. The lowest BCUT2D eigenvalue weighted by atomic mass is 9.95. The van der Waals surface area contributed by atoms with Crippen LogP contribution in [0.3, 0.4) is 0 Å². The van der Waals surface area contributed by atoms with Crippen molar-refractivity contribution < 1.29 is 18.6 Å². The normalized spacial score (nSPS) is 16.7. The Bertz CT molecular complexity index is 827. The zero-order chi connectivity index (χ0) is 23.9. The highest BCUT2D eigenvalue weighted by Gasteiger charge is 2.36. The Labute approximate surface area is 194 Å². The predicted octanol–water partition coefficient (Wildman–Crippen LogP) is 3.15. The van der Waals surface area contributed by atoms with E-state index in [-0.39, 0.29) is 23.5 Å². The van der Waals surface area contributed by atoms with Gasteiger partial charge in [-0.05, 0) is 59.6 Å². The van der Waals surface area contributed by atoms with Crippen molar-refractivity contribution in [2.45, 2.75) is 84.3 Å². The third kappa shape index (κ3) is 8.04. The summed E-state index contributed by atoms with van der Waals surface area (Å²) < 4.78 is 12.6. The molecular formula is C24H37N3O4S. The van der Waals surface area contributed by atoms with Gasteiger partial charge in [-0.2, -0.15) is 0 Å². The lowest BCUT2D eigenvalue weighted by Crippen LogP contribution is -2.58. The lowest BCUT2D eigenvalue weighted by molar-refractivity contribution is -0.143. The van der Waals surface area contributed by atoms with E-state index in [1.54, 1.807) is 19.1 Å². The van der Waals surface area contributed by atoms with Crippen LogP contribution in [0.2, 0.25) is 0 Å². The molecule has 0 aromatic heterocycles. The molecule has 1 aromatic carbocycles. The van der Waals surface area contributed by atoms with Crippen LogP contribution in [0.4, 0.5) is 5.69 Å². The second kappa shape index (κ2) is 11.6. The molecule has 1 fully saturated rings. The van der Waals surface area contributed by atoms with Gasteiger partial charge in [-0.15, -0.1) is 0 Å². The summed E-state index contributed by atoms with van der Waals surface area (Å²) in [6.07, 6.45) is 5.32. The van der Waals surface area contributed by atoms with Gasteiger partial charge in [0.05, 0.1) is 0 Å². The van der Waals surface area contributed by atoms with Crippen molar-refractivity contribution in [3.8, 4) is 0 Å². The first-order valence-corrected chi connectivity index (χ1v) is 12.8. The van der Waals surface area contributed by atoms with Crippen LogP contribution in [0.5, 0.6) is 0 Å². The third-order valence-corrected chi connectivity index (χ3v) is 6.77. The van der Waals surface area contributed by atoms with Crippen molar-refractivity contribution in [1.82, 2.24) is 10.2 Å². The quantitative estimate of drug-likeness (QED) is 0.619. The second-order valence-electron chi connectivity index (χ2n) is 9.60. The Hall–Kier alpha value is -2.22. The lowest BCUT2D eigenvalue weighted by Gasteiger charge is -2.40. The maximum Gasteiger partial charge on any atom is 0.242 e. The number of nitrogens with one attached hydrogen (secondary N) is 2. The number of carbonyl (C=O) groups excluding carboxylic acids is 3. The van der Waals surface area contributed by atoms with Crippen molar-refractivity contribution in [2.24, 2.45) is 0 Å². The van der Waals surface area contributed by atoms with Crippen molar-refractivity contribution in [2.75, 3.05) is 16.8 Å². The minimum Gasteiger partial charge on any atom is -0.352 e. The van der Waals surface area contributed by atoms with Crippen LogP contribution >= 0.6 is 0 Å². The van der Waals surface area contributed by atoms with E-state index < -0.39 is 34.2 Å². The molecule has 7 nitrogen and oxygen atoms in total. The maximum absolute atomic E-state index is 13.0. The van der Waals surface area contributed by atoms with Crippen LogP contribution < -0.4 is 10.6 Å². The number of amides is 3. The van der Waals surface area contributed by atoms with Crippen LogP contribution in [-0.4, -0.2) is 56.0 Å². The van der Waals surface area contributed by atoms with Gasteiger partial charge in [0.1, 0.15) is 17.5 Å². The number of anilines is 1. The van der Waals surface area contributed by atoms with Crippen molar-refractivity contribution in [1.29, 1.82) is 0 Å². The minimum absolute atomic E-state index is 0.148. The Balaban J connectivity index is 1.95. The highest BCUT2D eigenvalue weighted by Crippen LogP contribution is 2.21. The third-order valence-electron chi connectivity index (χ3n) is 5.62. The van der Waals surface area contributed by atoms with Gasteiger partial charge < -0.3 is 15.5 Å². The molecule has 2 rings (SSSR count). The van der Waals surface area contributed by atoms with Gasteiger partial charge in [-0.1, -0.05) is 37.0 Å². The summed E-state index contributed by atoms with van der Waals surface area (Å²) in [4.78, 5) is 39.6. The monoisotopic (exact) mass is 463 g/mol. The molecule has 2 N–H and O–H groups in total. The summed E-state index contributed by atoms with van der Waals surface area (Å²) in [5, 5.41) is 5.77. The zero-order valence-corrected chi connectivity index (χ0v) is 20.7. The van der Waals surface area contributed by atoms with Crippen LogP contribution in [0.1, 0.15) is 65.4 Å². The minimum atomic E-state index is -1.68. The van der Waals surface area contributed by atoms with Crippen molar-refractivity contribution >= 4 is 34.2 Å². The van der Waals surface area contributed by atoms with Gasteiger partial charge in [0.15, 0.2) is 0 Å². The molecule has 8 heteroatoms. The molecule has 0 radical (unpaired) electrons. The second-order valence-corrected chi connectivity index (χ2v) is 11.1. The number of carbonyl (C=O) groups is 3. The number of rotatable bonds is 8. The topological polar surface area (TPSA) is 95.6 Å². The average molecular weight is 464 g/mol.